The van der Waals surface area contributed by atoms with Crippen molar-refractivity contribution in [3.63, 3.8) is 0 Å². The topological polar surface area (TPSA) is 39.7 Å². The van der Waals surface area contributed by atoms with Crippen molar-refractivity contribution in [1.29, 1.82) is 0 Å². The van der Waals surface area contributed by atoms with E-state index in [4.69, 9.17) is 0 Å². The van der Waals surface area contributed by atoms with Crippen LogP contribution in [0, 0.1) is 5.92 Å². The van der Waals surface area contributed by atoms with Crippen LogP contribution in [0.2, 0.25) is 0 Å². The van der Waals surface area contributed by atoms with E-state index in [2.05, 4.69) is 41.3 Å². The standard InChI is InChI=1S/C16H34N4.HI/c1-5-20(6-2)13-7-12-18-16(17-4)19-15-10-8-14(3)9-11-15;/h14-15H,5-13H2,1-4H3,(H2,17,18,19);1H. The second-order valence-electron chi connectivity index (χ2n) is 5.98. The first-order valence-electron chi connectivity index (χ1n) is 8.39. The lowest BCUT2D eigenvalue weighted by molar-refractivity contribution is 0.299. The minimum atomic E-state index is 0. The average molecular weight is 410 g/mol. The van der Waals surface area contributed by atoms with E-state index >= 15 is 0 Å². The van der Waals surface area contributed by atoms with Gasteiger partial charge >= 0.3 is 0 Å². The summed E-state index contributed by atoms with van der Waals surface area (Å²) < 4.78 is 0. The van der Waals surface area contributed by atoms with Crippen molar-refractivity contribution in [1.82, 2.24) is 15.5 Å². The van der Waals surface area contributed by atoms with Crippen LogP contribution in [0.3, 0.4) is 0 Å². The molecular formula is C16H35IN4. The quantitative estimate of drug-likeness (QED) is 0.293. The van der Waals surface area contributed by atoms with E-state index in [1.807, 2.05) is 7.05 Å². The van der Waals surface area contributed by atoms with Crippen molar-refractivity contribution in [3.8, 4) is 0 Å². The minimum Gasteiger partial charge on any atom is -0.356 e. The predicted molar refractivity (Wildman–Crippen MR) is 104 cm³/mol. The molecule has 0 atom stereocenters. The number of aliphatic imine (C=N–C) groups is 1. The summed E-state index contributed by atoms with van der Waals surface area (Å²) in [6.45, 7) is 11.3. The van der Waals surface area contributed by atoms with Gasteiger partial charge in [-0.1, -0.05) is 20.8 Å². The molecule has 1 fully saturated rings. The Balaban J connectivity index is 0.00000400. The fraction of sp³-hybridized carbons (Fsp3) is 0.938. The second-order valence-corrected chi connectivity index (χ2v) is 5.98. The maximum absolute atomic E-state index is 4.34. The van der Waals surface area contributed by atoms with E-state index in [1.165, 1.54) is 32.1 Å². The van der Waals surface area contributed by atoms with Crippen LogP contribution in [0.1, 0.15) is 52.9 Å². The van der Waals surface area contributed by atoms with Gasteiger partial charge < -0.3 is 15.5 Å². The smallest absolute Gasteiger partial charge is 0.191 e. The normalized spacial score (nSPS) is 22.8. The number of hydrogen-bond donors (Lipinski definition) is 2. The highest BCUT2D eigenvalue weighted by Gasteiger charge is 2.18. The molecule has 0 aromatic rings. The van der Waals surface area contributed by atoms with Crippen molar-refractivity contribution < 1.29 is 0 Å². The van der Waals surface area contributed by atoms with Gasteiger partial charge in [0.05, 0.1) is 0 Å². The van der Waals surface area contributed by atoms with E-state index in [0.29, 0.717) is 6.04 Å². The Morgan fingerprint density at radius 3 is 2.29 bits per heavy atom. The highest BCUT2D eigenvalue weighted by molar-refractivity contribution is 14.0. The highest BCUT2D eigenvalue weighted by Crippen LogP contribution is 2.23. The van der Waals surface area contributed by atoms with E-state index in [9.17, 15) is 0 Å². The molecule has 0 unspecified atom stereocenters. The molecule has 0 radical (unpaired) electrons. The molecule has 0 spiro atoms. The molecule has 0 aliphatic heterocycles. The third kappa shape index (κ3) is 8.86. The zero-order valence-electron chi connectivity index (χ0n) is 14.3. The predicted octanol–water partition coefficient (Wildman–Crippen LogP) is 3.08. The van der Waals surface area contributed by atoms with E-state index in [0.717, 1.165) is 38.1 Å². The number of nitrogens with one attached hydrogen (secondary N) is 2. The maximum Gasteiger partial charge on any atom is 0.191 e. The third-order valence-electron chi connectivity index (χ3n) is 4.42. The maximum atomic E-state index is 4.34. The average Bonchev–Trinajstić information content (AvgIpc) is 2.48. The highest BCUT2D eigenvalue weighted by atomic mass is 127. The lowest BCUT2D eigenvalue weighted by atomic mass is 9.87. The summed E-state index contributed by atoms with van der Waals surface area (Å²) in [4.78, 5) is 6.80. The number of guanidine groups is 1. The Bertz CT molecular complexity index is 271. The van der Waals surface area contributed by atoms with Gasteiger partial charge in [-0.3, -0.25) is 4.99 Å². The molecule has 4 nitrogen and oxygen atoms in total. The summed E-state index contributed by atoms with van der Waals surface area (Å²) in [5, 5.41) is 7.01. The fourth-order valence-electron chi connectivity index (χ4n) is 2.84. The number of hydrogen-bond acceptors (Lipinski definition) is 2. The summed E-state index contributed by atoms with van der Waals surface area (Å²) >= 11 is 0. The van der Waals surface area contributed by atoms with E-state index in [1.54, 1.807) is 0 Å². The van der Waals surface area contributed by atoms with Crippen LogP contribution in [-0.4, -0.2) is 50.1 Å². The van der Waals surface area contributed by atoms with Gasteiger partial charge in [-0.15, -0.1) is 24.0 Å². The molecule has 1 aliphatic carbocycles. The van der Waals surface area contributed by atoms with Crippen LogP contribution in [0.5, 0.6) is 0 Å². The molecule has 21 heavy (non-hydrogen) atoms. The van der Waals surface area contributed by atoms with Crippen LogP contribution in [0.25, 0.3) is 0 Å². The molecular weight excluding hydrogens is 375 g/mol. The lowest BCUT2D eigenvalue weighted by Gasteiger charge is -2.28. The molecule has 0 bridgehead atoms. The van der Waals surface area contributed by atoms with Crippen LogP contribution in [0.4, 0.5) is 0 Å². The Hall–Kier alpha value is -0.0400. The van der Waals surface area contributed by atoms with Crippen molar-refractivity contribution in [3.05, 3.63) is 0 Å². The van der Waals surface area contributed by atoms with Gasteiger partial charge in [0.2, 0.25) is 0 Å². The monoisotopic (exact) mass is 410 g/mol. The van der Waals surface area contributed by atoms with Crippen molar-refractivity contribution in [2.45, 2.75) is 58.9 Å². The summed E-state index contributed by atoms with van der Waals surface area (Å²) in [6.07, 6.45) is 6.42. The van der Waals surface area contributed by atoms with Gasteiger partial charge in [-0.2, -0.15) is 0 Å². The largest absolute Gasteiger partial charge is 0.356 e. The summed E-state index contributed by atoms with van der Waals surface area (Å²) in [6, 6.07) is 0.611. The fourth-order valence-corrected chi connectivity index (χ4v) is 2.84. The molecule has 0 heterocycles. The first-order valence-corrected chi connectivity index (χ1v) is 8.39. The Morgan fingerprint density at radius 1 is 1.14 bits per heavy atom. The van der Waals surface area contributed by atoms with Gasteiger partial charge in [-0.25, -0.2) is 0 Å². The van der Waals surface area contributed by atoms with Gasteiger partial charge in [-0.05, 0) is 57.7 Å². The Morgan fingerprint density at radius 2 is 1.76 bits per heavy atom. The van der Waals surface area contributed by atoms with Crippen LogP contribution < -0.4 is 10.6 Å². The van der Waals surface area contributed by atoms with Gasteiger partial charge in [0.15, 0.2) is 5.96 Å². The first-order chi connectivity index (χ1) is 9.69. The molecule has 1 aliphatic rings. The number of rotatable bonds is 7. The third-order valence-corrected chi connectivity index (χ3v) is 4.42. The molecule has 0 saturated heterocycles. The van der Waals surface area contributed by atoms with Gasteiger partial charge in [0, 0.05) is 19.6 Å². The molecule has 0 aromatic heterocycles. The molecule has 1 rings (SSSR count). The van der Waals surface area contributed by atoms with Crippen LogP contribution in [0.15, 0.2) is 4.99 Å². The van der Waals surface area contributed by atoms with Crippen LogP contribution in [-0.2, 0) is 0 Å². The number of nitrogens with zero attached hydrogens (tertiary/aromatic N) is 2. The molecule has 126 valence electrons. The Kier molecular flexibility index (Phi) is 12.5. The molecule has 5 heteroatoms. The van der Waals surface area contributed by atoms with Gasteiger partial charge in [0.1, 0.15) is 0 Å². The molecule has 0 amide bonds. The molecule has 1 saturated carbocycles. The van der Waals surface area contributed by atoms with Crippen molar-refractivity contribution in [2.75, 3.05) is 33.2 Å². The van der Waals surface area contributed by atoms with Gasteiger partial charge in [0.25, 0.3) is 0 Å². The summed E-state index contributed by atoms with van der Waals surface area (Å²) in [7, 11) is 1.87. The summed E-state index contributed by atoms with van der Waals surface area (Å²) in [5.74, 6) is 1.88. The first kappa shape index (κ1) is 21.0. The second kappa shape index (κ2) is 12.5. The van der Waals surface area contributed by atoms with Crippen LogP contribution >= 0.6 is 24.0 Å². The van der Waals surface area contributed by atoms with E-state index < -0.39 is 0 Å². The molecule has 2 N–H and O–H groups in total. The van der Waals surface area contributed by atoms with E-state index in [-0.39, 0.29) is 24.0 Å². The summed E-state index contributed by atoms with van der Waals surface area (Å²) in [5.41, 5.74) is 0. The zero-order chi connectivity index (χ0) is 14.8. The SMILES string of the molecule is CCN(CC)CCCNC(=NC)NC1CCC(C)CC1.I. The Labute approximate surface area is 148 Å². The lowest BCUT2D eigenvalue weighted by Crippen LogP contribution is -2.45. The van der Waals surface area contributed by atoms with Crippen molar-refractivity contribution in [2.24, 2.45) is 10.9 Å². The zero-order valence-corrected chi connectivity index (χ0v) is 16.7. The van der Waals surface area contributed by atoms with Crippen molar-refractivity contribution >= 4 is 29.9 Å². The number of halogens is 1. The minimum absolute atomic E-state index is 0. The molecule has 0 aromatic carbocycles.